The maximum Gasteiger partial charge on any atom is 0.313 e. The molecule has 7 heteroatoms. The summed E-state index contributed by atoms with van der Waals surface area (Å²) in [6.07, 6.45) is -0.974. The fraction of sp³-hybridized carbons (Fsp3) is 0.636. The third kappa shape index (κ3) is 5.97. The molecule has 0 aliphatic heterocycles. The Bertz CT molecular complexity index is 334. The van der Waals surface area contributed by atoms with E-state index in [-0.39, 0.29) is 12.8 Å². The van der Waals surface area contributed by atoms with Crippen LogP contribution in [0.15, 0.2) is 0 Å². The zero-order chi connectivity index (χ0) is 14.1. The summed E-state index contributed by atoms with van der Waals surface area (Å²) < 4.78 is 13.2. The summed E-state index contributed by atoms with van der Waals surface area (Å²) in [5.41, 5.74) is 0. The molecule has 0 saturated carbocycles. The predicted molar refractivity (Wildman–Crippen MR) is 58.4 cm³/mol. The first-order valence-electron chi connectivity index (χ1n) is 5.17. The molecule has 0 saturated heterocycles. The van der Waals surface area contributed by atoms with Gasteiger partial charge in [-0.2, -0.15) is 0 Å². The molecule has 0 amide bonds. The Morgan fingerprint density at radius 3 is 1.83 bits per heavy atom. The molecule has 0 aliphatic rings. The van der Waals surface area contributed by atoms with Gasteiger partial charge in [-0.05, 0) is 0 Å². The third-order valence-electron chi connectivity index (χ3n) is 2.22. The van der Waals surface area contributed by atoms with E-state index >= 15 is 0 Å². The monoisotopic (exact) mass is 260 g/mol. The summed E-state index contributed by atoms with van der Waals surface area (Å²) in [5, 5.41) is 0. The molecule has 0 aromatic rings. The molecule has 0 rings (SSSR count). The van der Waals surface area contributed by atoms with Crippen molar-refractivity contribution in [2.75, 3.05) is 21.3 Å². The first-order valence-corrected chi connectivity index (χ1v) is 5.17. The Labute approximate surface area is 104 Å². The summed E-state index contributed by atoms with van der Waals surface area (Å²) in [7, 11) is 3.48. The van der Waals surface area contributed by atoms with Crippen molar-refractivity contribution in [1.29, 1.82) is 0 Å². The van der Waals surface area contributed by atoms with Crippen LogP contribution in [0.5, 0.6) is 0 Å². The average Bonchev–Trinajstić information content (AvgIpc) is 2.36. The number of rotatable bonds is 7. The average molecular weight is 260 g/mol. The molecule has 0 aliphatic carbocycles. The quantitative estimate of drug-likeness (QED) is 0.357. The Morgan fingerprint density at radius 2 is 1.39 bits per heavy atom. The SMILES string of the molecule is COC(=O)CC(=O)CC(CC(=O)OC)C(=O)OC. The minimum absolute atomic E-state index is 0.267. The van der Waals surface area contributed by atoms with Gasteiger partial charge in [-0.3, -0.25) is 19.2 Å². The van der Waals surface area contributed by atoms with Gasteiger partial charge in [-0.1, -0.05) is 0 Å². The van der Waals surface area contributed by atoms with Gasteiger partial charge in [0, 0.05) is 6.42 Å². The van der Waals surface area contributed by atoms with Crippen LogP contribution in [0.2, 0.25) is 0 Å². The highest BCUT2D eigenvalue weighted by molar-refractivity contribution is 5.97. The van der Waals surface area contributed by atoms with Gasteiger partial charge in [-0.15, -0.1) is 0 Å². The second-order valence-electron chi connectivity index (χ2n) is 3.50. The minimum atomic E-state index is -0.945. The molecule has 0 fully saturated rings. The number of ketones is 1. The van der Waals surface area contributed by atoms with Crippen molar-refractivity contribution >= 4 is 23.7 Å². The number of hydrogen-bond acceptors (Lipinski definition) is 7. The Hall–Kier alpha value is -1.92. The van der Waals surface area contributed by atoms with Crippen LogP contribution in [0.3, 0.4) is 0 Å². The van der Waals surface area contributed by atoms with Crippen molar-refractivity contribution in [2.45, 2.75) is 19.3 Å². The van der Waals surface area contributed by atoms with Crippen LogP contribution in [0.1, 0.15) is 19.3 Å². The largest absolute Gasteiger partial charge is 0.469 e. The van der Waals surface area contributed by atoms with Crippen molar-refractivity contribution in [1.82, 2.24) is 0 Å². The molecule has 0 spiro atoms. The standard InChI is InChI=1S/C11H16O7/c1-16-9(13)5-7(11(15)18-3)4-8(12)6-10(14)17-2/h7H,4-6H2,1-3H3. The van der Waals surface area contributed by atoms with Gasteiger partial charge < -0.3 is 14.2 Å². The number of Topliss-reactive ketones (excluding diaryl/α,β-unsaturated/α-hetero) is 1. The van der Waals surface area contributed by atoms with Gasteiger partial charge in [0.25, 0.3) is 0 Å². The summed E-state index contributed by atoms with van der Waals surface area (Å²) in [4.78, 5) is 44.7. The van der Waals surface area contributed by atoms with E-state index in [1.165, 1.54) is 7.11 Å². The van der Waals surface area contributed by atoms with Gasteiger partial charge in [0.1, 0.15) is 12.2 Å². The molecule has 18 heavy (non-hydrogen) atoms. The van der Waals surface area contributed by atoms with E-state index in [9.17, 15) is 19.2 Å². The summed E-state index contributed by atoms with van der Waals surface area (Å²) >= 11 is 0. The van der Waals surface area contributed by atoms with Gasteiger partial charge in [0.15, 0.2) is 0 Å². The summed E-state index contributed by atoms with van der Waals surface area (Å²) in [6.45, 7) is 0. The van der Waals surface area contributed by atoms with Crippen molar-refractivity contribution in [3.05, 3.63) is 0 Å². The number of esters is 3. The molecule has 0 radical (unpaired) electrons. The zero-order valence-corrected chi connectivity index (χ0v) is 10.6. The molecule has 1 atom stereocenters. The van der Waals surface area contributed by atoms with Gasteiger partial charge in [-0.25, -0.2) is 0 Å². The third-order valence-corrected chi connectivity index (χ3v) is 2.22. The highest BCUT2D eigenvalue weighted by Crippen LogP contribution is 2.13. The lowest BCUT2D eigenvalue weighted by Gasteiger charge is -2.12. The molecule has 1 unspecified atom stereocenters. The molecule has 102 valence electrons. The first kappa shape index (κ1) is 16.1. The normalized spacial score (nSPS) is 11.3. The minimum Gasteiger partial charge on any atom is -0.469 e. The number of methoxy groups -OCH3 is 3. The van der Waals surface area contributed by atoms with Crippen molar-refractivity contribution in [3.8, 4) is 0 Å². The molecule has 0 N–H and O–H groups in total. The van der Waals surface area contributed by atoms with Gasteiger partial charge in [0.2, 0.25) is 0 Å². The Morgan fingerprint density at radius 1 is 0.833 bits per heavy atom. The maximum atomic E-state index is 11.5. The number of hydrogen-bond donors (Lipinski definition) is 0. The van der Waals surface area contributed by atoms with E-state index in [0.717, 1.165) is 14.2 Å². The first-order chi connectivity index (χ1) is 8.44. The lowest BCUT2D eigenvalue weighted by molar-refractivity contribution is -0.153. The van der Waals surface area contributed by atoms with Crippen LogP contribution in [0, 0.1) is 5.92 Å². The second kappa shape index (κ2) is 8.21. The topological polar surface area (TPSA) is 96.0 Å². The van der Waals surface area contributed by atoms with Crippen molar-refractivity contribution in [2.24, 2.45) is 5.92 Å². The van der Waals surface area contributed by atoms with Gasteiger partial charge >= 0.3 is 17.9 Å². The Kier molecular flexibility index (Phi) is 7.34. The van der Waals surface area contributed by atoms with Gasteiger partial charge in [0.05, 0.1) is 33.7 Å². The number of carbonyl (C=O) groups excluding carboxylic acids is 4. The molecule has 0 aromatic heterocycles. The fourth-order valence-electron chi connectivity index (χ4n) is 1.27. The second-order valence-corrected chi connectivity index (χ2v) is 3.50. The van der Waals surface area contributed by atoms with E-state index < -0.39 is 36.0 Å². The highest BCUT2D eigenvalue weighted by atomic mass is 16.5. The van der Waals surface area contributed by atoms with Crippen LogP contribution in [-0.2, 0) is 33.4 Å². The van der Waals surface area contributed by atoms with Crippen molar-refractivity contribution in [3.63, 3.8) is 0 Å². The summed E-state index contributed by atoms with van der Waals surface area (Å²) in [5.74, 6) is -3.46. The predicted octanol–water partition coefficient (Wildman–Crippen LogP) is -0.139. The molecule has 0 aromatic carbocycles. The molecule has 7 nitrogen and oxygen atoms in total. The lowest BCUT2D eigenvalue weighted by Crippen LogP contribution is -2.24. The van der Waals surface area contributed by atoms with Crippen LogP contribution in [0.25, 0.3) is 0 Å². The summed E-state index contributed by atoms with van der Waals surface area (Å²) in [6, 6.07) is 0. The van der Waals surface area contributed by atoms with E-state index in [1.54, 1.807) is 0 Å². The molecular formula is C11H16O7. The molecular weight excluding hydrogens is 244 g/mol. The number of carbonyl (C=O) groups is 4. The smallest absolute Gasteiger partial charge is 0.313 e. The van der Waals surface area contributed by atoms with E-state index in [1.807, 2.05) is 0 Å². The van der Waals surface area contributed by atoms with E-state index in [2.05, 4.69) is 14.2 Å². The maximum absolute atomic E-state index is 11.5. The fourth-order valence-corrected chi connectivity index (χ4v) is 1.27. The molecule has 0 heterocycles. The zero-order valence-electron chi connectivity index (χ0n) is 10.6. The molecule has 0 bridgehead atoms. The van der Waals surface area contributed by atoms with Crippen molar-refractivity contribution < 1.29 is 33.4 Å². The van der Waals surface area contributed by atoms with Crippen LogP contribution in [-0.4, -0.2) is 45.0 Å². The van der Waals surface area contributed by atoms with Crippen LogP contribution >= 0.6 is 0 Å². The highest BCUT2D eigenvalue weighted by Gasteiger charge is 2.26. The van der Waals surface area contributed by atoms with E-state index in [0.29, 0.717) is 0 Å². The van der Waals surface area contributed by atoms with E-state index in [4.69, 9.17) is 0 Å². The van der Waals surface area contributed by atoms with Crippen LogP contribution < -0.4 is 0 Å². The Balaban J connectivity index is 4.49. The lowest BCUT2D eigenvalue weighted by atomic mass is 9.97. The number of ether oxygens (including phenoxy) is 3. The van der Waals surface area contributed by atoms with Crippen LogP contribution in [0.4, 0.5) is 0 Å².